The van der Waals surface area contributed by atoms with Gasteiger partial charge in [-0.05, 0) is 38.4 Å². The third-order valence-electron chi connectivity index (χ3n) is 3.13. The summed E-state index contributed by atoms with van der Waals surface area (Å²) in [5.74, 6) is 0. The van der Waals surface area contributed by atoms with Crippen LogP contribution in [-0.4, -0.2) is 23.7 Å². The number of hydrazine groups is 1. The number of hydrogen-bond acceptors (Lipinski definition) is 2. The Labute approximate surface area is 103 Å². The second-order valence-corrected chi connectivity index (χ2v) is 4.74. The Morgan fingerprint density at radius 1 is 1.29 bits per heavy atom. The molecule has 0 atom stereocenters. The average molecular weight is 231 g/mol. The van der Waals surface area contributed by atoms with Crippen LogP contribution in [-0.2, 0) is 6.54 Å². The molecule has 0 aliphatic heterocycles. The Kier molecular flexibility index (Phi) is 3.50. The normalized spacial score (nSPS) is 11.9. The fourth-order valence-corrected chi connectivity index (χ4v) is 2.29. The summed E-state index contributed by atoms with van der Waals surface area (Å²) >= 11 is 0. The first-order valence-corrected chi connectivity index (χ1v) is 6.11. The van der Waals surface area contributed by atoms with E-state index in [-0.39, 0.29) is 0 Å². The summed E-state index contributed by atoms with van der Waals surface area (Å²) in [5, 5.41) is 3.41. The Hall–Kier alpha value is -1.32. The average Bonchev–Trinajstić information content (AvgIpc) is 2.66. The lowest BCUT2D eigenvalue weighted by Crippen LogP contribution is -2.31. The van der Waals surface area contributed by atoms with Crippen LogP contribution in [0.2, 0.25) is 0 Å². The van der Waals surface area contributed by atoms with Crippen molar-refractivity contribution in [3.05, 3.63) is 36.0 Å². The van der Waals surface area contributed by atoms with Gasteiger partial charge >= 0.3 is 0 Å². The SMILES string of the molecule is CNN(C)Cc1cc2ccccc2n1C(C)C. The fourth-order valence-electron chi connectivity index (χ4n) is 2.29. The molecular formula is C14H21N3. The van der Waals surface area contributed by atoms with Crippen molar-refractivity contribution in [2.45, 2.75) is 26.4 Å². The molecule has 3 nitrogen and oxygen atoms in total. The van der Waals surface area contributed by atoms with Crippen molar-refractivity contribution >= 4 is 10.9 Å². The summed E-state index contributed by atoms with van der Waals surface area (Å²) in [4.78, 5) is 0. The molecule has 0 spiro atoms. The highest BCUT2D eigenvalue weighted by atomic mass is 15.5. The predicted octanol–water partition coefficient (Wildman–Crippen LogP) is 2.79. The quantitative estimate of drug-likeness (QED) is 0.817. The zero-order valence-corrected chi connectivity index (χ0v) is 11.1. The Morgan fingerprint density at radius 2 is 2.00 bits per heavy atom. The number of hydrogen-bond donors (Lipinski definition) is 1. The van der Waals surface area contributed by atoms with Gasteiger partial charge in [-0.1, -0.05) is 18.2 Å². The molecule has 0 unspecified atom stereocenters. The van der Waals surface area contributed by atoms with Crippen molar-refractivity contribution in [2.75, 3.05) is 14.1 Å². The van der Waals surface area contributed by atoms with E-state index in [4.69, 9.17) is 0 Å². The maximum Gasteiger partial charge on any atom is 0.0532 e. The summed E-state index contributed by atoms with van der Waals surface area (Å²) in [6, 6.07) is 11.3. The molecule has 17 heavy (non-hydrogen) atoms. The lowest BCUT2D eigenvalue weighted by atomic mass is 10.2. The van der Waals surface area contributed by atoms with E-state index in [1.54, 1.807) is 0 Å². The molecule has 2 rings (SSSR count). The van der Waals surface area contributed by atoms with Crippen molar-refractivity contribution in [1.29, 1.82) is 0 Å². The monoisotopic (exact) mass is 231 g/mol. The van der Waals surface area contributed by atoms with Gasteiger partial charge in [0.2, 0.25) is 0 Å². The molecule has 0 radical (unpaired) electrons. The van der Waals surface area contributed by atoms with E-state index in [0.717, 1.165) is 6.54 Å². The van der Waals surface area contributed by atoms with Gasteiger partial charge in [0.05, 0.1) is 6.54 Å². The second-order valence-electron chi connectivity index (χ2n) is 4.74. The molecule has 0 fully saturated rings. The van der Waals surface area contributed by atoms with Gasteiger partial charge in [0.15, 0.2) is 0 Å². The van der Waals surface area contributed by atoms with E-state index in [2.05, 4.69) is 66.2 Å². The molecule has 0 aliphatic carbocycles. The maximum absolute atomic E-state index is 3.14. The van der Waals surface area contributed by atoms with E-state index >= 15 is 0 Å². The smallest absolute Gasteiger partial charge is 0.0532 e. The minimum atomic E-state index is 0.482. The van der Waals surface area contributed by atoms with Gasteiger partial charge in [-0.3, -0.25) is 5.43 Å². The van der Waals surface area contributed by atoms with Gasteiger partial charge in [-0.2, -0.15) is 0 Å². The first-order valence-electron chi connectivity index (χ1n) is 6.11. The number of rotatable bonds is 4. The highest BCUT2D eigenvalue weighted by molar-refractivity contribution is 5.81. The lowest BCUT2D eigenvalue weighted by molar-refractivity contribution is 0.244. The number of fused-ring (bicyclic) bond motifs is 1. The molecule has 1 N–H and O–H groups in total. The summed E-state index contributed by atoms with van der Waals surface area (Å²) in [6.45, 7) is 5.37. The standard InChI is InChI=1S/C14H21N3/c1-11(2)17-13(10-16(4)15-3)9-12-7-5-6-8-14(12)17/h5-9,11,15H,10H2,1-4H3. The summed E-state index contributed by atoms with van der Waals surface area (Å²) < 4.78 is 2.41. The van der Waals surface area contributed by atoms with Crippen LogP contribution < -0.4 is 5.43 Å². The number of nitrogens with zero attached hydrogens (tertiary/aromatic N) is 2. The largest absolute Gasteiger partial charge is 0.341 e. The Morgan fingerprint density at radius 3 is 2.65 bits per heavy atom. The molecule has 0 saturated carbocycles. The molecule has 0 amide bonds. The lowest BCUT2D eigenvalue weighted by Gasteiger charge is -2.19. The zero-order valence-electron chi connectivity index (χ0n) is 11.1. The third kappa shape index (κ3) is 2.35. The molecule has 2 aromatic rings. The van der Waals surface area contributed by atoms with E-state index in [9.17, 15) is 0 Å². The molecular weight excluding hydrogens is 210 g/mol. The molecule has 1 heterocycles. The van der Waals surface area contributed by atoms with E-state index in [1.165, 1.54) is 16.6 Å². The van der Waals surface area contributed by atoms with Gasteiger partial charge < -0.3 is 4.57 Å². The third-order valence-corrected chi connectivity index (χ3v) is 3.13. The van der Waals surface area contributed by atoms with Crippen LogP contribution in [0.1, 0.15) is 25.6 Å². The van der Waals surface area contributed by atoms with Crippen LogP contribution >= 0.6 is 0 Å². The highest BCUT2D eigenvalue weighted by Crippen LogP contribution is 2.24. The molecule has 1 aromatic carbocycles. The molecule has 0 aliphatic rings. The van der Waals surface area contributed by atoms with Gasteiger partial charge in [-0.25, -0.2) is 5.01 Å². The van der Waals surface area contributed by atoms with Crippen LogP contribution in [0.3, 0.4) is 0 Å². The van der Waals surface area contributed by atoms with Crippen LogP contribution in [0.5, 0.6) is 0 Å². The van der Waals surface area contributed by atoms with E-state index in [0.29, 0.717) is 6.04 Å². The van der Waals surface area contributed by atoms with Gasteiger partial charge in [0, 0.05) is 24.3 Å². The summed E-state index contributed by atoms with van der Waals surface area (Å²) in [7, 11) is 4.00. The van der Waals surface area contributed by atoms with Gasteiger partial charge in [0.25, 0.3) is 0 Å². The second kappa shape index (κ2) is 4.90. The highest BCUT2D eigenvalue weighted by Gasteiger charge is 2.11. The predicted molar refractivity (Wildman–Crippen MR) is 72.8 cm³/mol. The van der Waals surface area contributed by atoms with Crippen molar-refractivity contribution in [3.63, 3.8) is 0 Å². The summed E-state index contributed by atoms with van der Waals surface area (Å²) in [6.07, 6.45) is 0. The first-order chi connectivity index (χ1) is 8.13. The van der Waals surface area contributed by atoms with Crippen LogP contribution in [0.15, 0.2) is 30.3 Å². The van der Waals surface area contributed by atoms with Crippen LogP contribution in [0.4, 0.5) is 0 Å². The van der Waals surface area contributed by atoms with Gasteiger partial charge in [-0.15, -0.1) is 0 Å². The minimum Gasteiger partial charge on any atom is -0.341 e. The molecule has 3 heteroatoms. The van der Waals surface area contributed by atoms with Crippen molar-refractivity contribution in [3.8, 4) is 0 Å². The first kappa shape index (κ1) is 12.1. The topological polar surface area (TPSA) is 20.2 Å². The number of para-hydroxylation sites is 1. The fraction of sp³-hybridized carbons (Fsp3) is 0.429. The van der Waals surface area contributed by atoms with Crippen LogP contribution in [0.25, 0.3) is 10.9 Å². The summed E-state index contributed by atoms with van der Waals surface area (Å²) in [5.41, 5.74) is 5.81. The minimum absolute atomic E-state index is 0.482. The Balaban J connectivity index is 2.50. The molecule has 1 aromatic heterocycles. The van der Waals surface area contributed by atoms with E-state index < -0.39 is 0 Å². The zero-order chi connectivity index (χ0) is 12.4. The number of aromatic nitrogens is 1. The van der Waals surface area contributed by atoms with E-state index in [1.807, 2.05) is 7.05 Å². The number of nitrogens with one attached hydrogen (secondary N) is 1. The molecule has 0 bridgehead atoms. The number of benzene rings is 1. The van der Waals surface area contributed by atoms with Gasteiger partial charge in [0.1, 0.15) is 0 Å². The van der Waals surface area contributed by atoms with Crippen LogP contribution in [0, 0.1) is 0 Å². The maximum atomic E-state index is 3.14. The van der Waals surface area contributed by atoms with Crippen molar-refractivity contribution in [1.82, 2.24) is 15.0 Å². The van der Waals surface area contributed by atoms with Crippen molar-refractivity contribution in [2.24, 2.45) is 0 Å². The Bertz CT molecular complexity index is 499. The van der Waals surface area contributed by atoms with Crippen molar-refractivity contribution < 1.29 is 0 Å². The molecule has 92 valence electrons. The molecule has 0 saturated heterocycles.